The molecule has 9 heavy (non-hydrogen) atoms. The summed E-state index contributed by atoms with van der Waals surface area (Å²) in [6, 6.07) is 0. The Morgan fingerprint density at radius 2 is 2.00 bits per heavy atom. The van der Waals surface area contributed by atoms with E-state index in [9.17, 15) is 0 Å². The minimum absolute atomic E-state index is 0.172. The zero-order valence-corrected chi connectivity index (χ0v) is 8.18. The molecule has 0 spiro atoms. The number of allylic oxidation sites excluding steroid dienone is 2. The molecule has 1 aliphatic heterocycles. The van der Waals surface area contributed by atoms with Crippen LogP contribution in [0.5, 0.6) is 0 Å². The van der Waals surface area contributed by atoms with E-state index in [1.54, 1.807) is 0 Å². The summed E-state index contributed by atoms with van der Waals surface area (Å²) in [4.78, 5) is 2.02. The highest BCUT2D eigenvalue weighted by Crippen LogP contribution is 2.32. The van der Waals surface area contributed by atoms with Crippen LogP contribution < -0.4 is 0 Å². The van der Waals surface area contributed by atoms with Crippen LogP contribution in [0.2, 0.25) is 0 Å². The molecule has 3 heteroatoms. The van der Waals surface area contributed by atoms with Gasteiger partial charge >= 0.3 is 0 Å². The van der Waals surface area contributed by atoms with Crippen LogP contribution in [0.3, 0.4) is 0 Å². The molecule has 50 valence electrons. The number of hydrogen-bond acceptors (Lipinski definition) is 1. The largest absolute Gasteiger partial charge is 0.354 e. The summed E-state index contributed by atoms with van der Waals surface area (Å²) in [5.41, 5.74) is 0. The molecule has 0 amide bonds. The van der Waals surface area contributed by atoms with Gasteiger partial charge in [-0.2, -0.15) is 0 Å². The number of alkyl halides is 2. The summed E-state index contributed by atoms with van der Waals surface area (Å²) < 4.78 is -0.172. The van der Waals surface area contributed by atoms with Crippen LogP contribution in [0, 0.1) is 0 Å². The van der Waals surface area contributed by atoms with Crippen molar-refractivity contribution >= 4 is 31.9 Å². The monoisotopic (exact) mass is 251 g/mol. The molecule has 0 atom stereocenters. The number of likely N-dealkylation sites (N-methyl/N-ethyl adjacent to an activating group) is 1. The molecule has 0 aromatic heterocycles. The smallest absolute Gasteiger partial charge is 0.169 e. The predicted octanol–water partition coefficient (Wildman–Crippen LogP) is 2.45. The quantitative estimate of drug-likeness (QED) is 0.473. The molecule has 0 fully saturated rings. The Labute approximate surface area is 71.7 Å². The van der Waals surface area contributed by atoms with E-state index in [0.717, 1.165) is 0 Å². The van der Waals surface area contributed by atoms with E-state index in [1.807, 2.05) is 36.4 Å². The summed E-state index contributed by atoms with van der Waals surface area (Å²) in [7, 11) is 1.99. The van der Waals surface area contributed by atoms with Crippen LogP contribution in [-0.2, 0) is 0 Å². The van der Waals surface area contributed by atoms with Gasteiger partial charge in [0.1, 0.15) is 0 Å². The van der Waals surface area contributed by atoms with Gasteiger partial charge < -0.3 is 4.90 Å². The third-order valence-corrected chi connectivity index (χ3v) is 2.84. The average molecular weight is 253 g/mol. The molecular weight excluding hydrogens is 246 g/mol. The molecule has 0 aromatic carbocycles. The molecule has 0 bridgehead atoms. The molecule has 0 radical (unpaired) electrons. The molecule has 0 saturated heterocycles. The Morgan fingerprint density at radius 1 is 1.33 bits per heavy atom. The van der Waals surface area contributed by atoms with Crippen LogP contribution in [0.25, 0.3) is 0 Å². The lowest BCUT2D eigenvalue weighted by atomic mass is 10.4. The first-order valence-electron chi connectivity index (χ1n) is 2.60. The van der Waals surface area contributed by atoms with Crippen molar-refractivity contribution in [1.82, 2.24) is 4.90 Å². The first-order chi connectivity index (χ1) is 4.13. The summed E-state index contributed by atoms with van der Waals surface area (Å²) >= 11 is 6.92. The molecular formula is C6H7Br2N. The van der Waals surface area contributed by atoms with Gasteiger partial charge in [0.25, 0.3) is 0 Å². The van der Waals surface area contributed by atoms with Crippen LogP contribution in [-0.4, -0.2) is 15.3 Å². The zero-order valence-electron chi connectivity index (χ0n) is 5.01. The second kappa shape index (κ2) is 2.46. The number of nitrogens with zero attached hydrogens (tertiary/aromatic N) is 1. The summed E-state index contributed by atoms with van der Waals surface area (Å²) in [6.45, 7) is 0. The fourth-order valence-electron chi connectivity index (χ4n) is 0.567. The maximum Gasteiger partial charge on any atom is 0.169 e. The molecule has 0 saturated carbocycles. The van der Waals surface area contributed by atoms with E-state index in [-0.39, 0.29) is 3.36 Å². The lowest BCUT2D eigenvalue weighted by Gasteiger charge is -2.29. The van der Waals surface area contributed by atoms with E-state index >= 15 is 0 Å². The van der Waals surface area contributed by atoms with Gasteiger partial charge in [0.05, 0.1) is 0 Å². The van der Waals surface area contributed by atoms with Crippen molar-refractivity contribution in [3.8, 4) is 0 Å². The Morgan fingerprint density at radius 3 is 2.33 bits per heavy atom. The molecule has 1 heterocycles. The fourth-order valence-corrected chi connectivity index (χ4v) is 1.11. The minimum atomic E-state index is -0.172. The minimum Gasteiger partial charge on any atom is -0.354 e. The second-order valence-corrected chi connectivity index (χ2v) is 5.38. The Balaban J connectivity index is 2.78. The van der Waals surface area contributed by atoms with E-state index in [4.69, 9.17) is 0 Å². The highest BCUT2D eigenvalue weighted by Gasteiger charge is 2.22. The number of hydrogen-bond donors (Lipinski definition) is 0. The summed E-state index contributed by atoms with van der Waals surface area (Å²) in [5, 5.41) is 0. The topological polar surface area (TPSA) is 3.24 Å². The lowest BCUT2D eigenvalue weighted by Crippen LogP contribution is -2.29. The molecule has 1 aliphatic rings. The highest BCUT2D eigenvalue weighted by molar-refractivity contribution is 9.25. The van der Waals surface area contributed by atoms with Gasteiger partial charge in [-0.15, -0.1) is 0 Å². The van der Waals surface area contributed by atoms with E-state index in [1.165, 1.54) is 0 Å². The van der Waals surface area contributed by atoms with Crippen molar-refractivity contribution in [2.45, 2.75) is 3.36 Å². The van der Waals surface area contributed by atoms with Crippen molar-refractivity contribution in [2.75, 3.05) is 7.05 Å². The Hall–Kier alpha value is 0.240. The third kappa shape index (κ3) is 1.58. The maximum atomic E-state index is 3.46. The van der Waals surface area contributed by atoms with Crippen LogP contribution in [0.1, 0.15) is 0 Å². The third-order valence-electron chi connectivity index (χ3n) is 1.19. The van der Waals surface area contributed by atoms with Crippen molar-refractivity contribution in [3.63, 3.8) is 0 Å². The number of rotatable bonds is 0. The van der Waals surface area contributed by atoms with E-state index in [0.29, 0.717) is 0 Å². The van der Waals surface area contributed by atoms with Gasteiger partial charge in [-0.05, 0) is 44.0 Å². The van der Waals surface area contributed by atoms with Crippen LogP contribution >= 0.6 is 31.9 Å². The van der Waals surface area contributed by atoms with Gasteiger partial charge in [-0.25, -0.2) is 0 Å². The fraction of sp³-hybridized carbons (Fsp3) is 0.333. The van der Waals surface area contributed by atoms with Gasteiger partial charge in [0.2, 0.25) is 0 Å². The van der Waals surface area contributed by atoms with Crippen molar-refractivity contribution in [2.24, 2.45) is 0 Å². The first-order valence-corrected chi connectivity index (χ1v) is 4.18. The molecule has 1 rings (SSSR count). The predicted molar refractivity (Wildman–Crippen MR) is 46.6 cm³/mol. The van der Waals surface area contributed by atoms with Crippen molar-refractivity contribution in [3.05, 3.63) is 24.4 Å². The van der Waals surface area contributed by atoms with Gasteiger partial charge in [0, 0.05) is 13.2 Å². The van der Waals surface area contributed by atoms with Crippen LogP contribution in [0.15, 0.2) is 24.4 Å². The van der Waals surface area contributed by atoms with E-state index in [2.05, 4.69) is 31.9 Å². The normalized spacial score (nSPS) is 22.8. The molecule has 0 aromatic rings. The second-order valence-electron chi connectivity index (χ2n) is 1.90. The molecule has 0 unspecified atom stereocenters. The summed E-state index contributed by atoms with van der Waals surface area (Å²) in [6.07, 6.45) is 7.99. The zero-order chi connectivity index (χ0) is 6.91. The standard InChI is InChI=1S/C6H7Br2N/c1-9-5-3-2-4-6(9,7)8/h2-5H,1H3. The highest BCUT2D eigenvalue weighted by atomic mass is 79.9. The van der Waals surface area contributed by atoms with Gasteiger partial charge in [-0.1, -0.05) is 6.08 Å². The molecule has 0 N–H and O–H groups in total. The average Bonchev–Trinajstić information content (AvgIpc) is 1.77. The Kier molecular flexibility index (Phi) is 2.01. The lowest BCUT2D eigenvalue weighted by molar-refractivity contribution is 0.457. The first kappa shape index (κ1) is 7.35. The Bertz CT molecular complexity index is 160. The number of halogens is 2. The van der Waals surface area contributed by atoms with Crippen molar-refractivity contribution in [1.29, 1.82) is 0 Å². The SMILES string of the molecule is CN1C=CC=CC1(Br)Br. The molecule has 0 aliphatic carbocycles. The van der Waals surface area contributed by atoms with Crippen molar-refractivity contribution < 1.29 is 0 Å². The van der Waals surface area contributed by atoms with E-state index < -0.39 is 0 Å². The van der Waals surface area contributed by atoms with Gasteiger partial charge in [0.15, 0.2) is 3.36 Å². The van der Waals surface area contributed by atoms with Gasteiger partial charge in [-0.3, -0.25) is 0 Å². The maximum absolute atomic E-state index is 3.46. The molecule has 1 nitrogen and oxygen atoms in total. The van der Waals surface area contributed by atoms with Crippen LogP contribution in [0.4, 0.5) is 0 Å². The summed E-state index contributed by atoms with van der Waals surface area (Å²) in [5.74, 6) is 0.